The molecule has 15 nitrogen and oxygen atoms in total. The van der Waals surface area contributed by atoms with Gasteiger partial charge in [-0.15, -0.1) is 0 Å². The SMILES string of the molecule is CS(=O)(=O)c1ccc(N=C(N)N)cc1.NC(N)=Nc1ccccc1[N+](=O)[O-].Nc1ccccc1[N+](=O)[O-]. The number of hydrogen-bond acceptors (Lipinski definition) is 9. The summed E-state index contributed by atoms with van der Waals surface area (Å²) < 4.78 is 22.2. The number of guanidine groups is 2. The van der Waals surface area contributed by atoms with Crippen LogP contribution in [0.1, 0.15) is 0 Å². The van der Waals surface area contributed by atoms with Crippen molar-refractivity contribution in [3.05, 3.63) is 93.0 Å². The molecule has 0 atom stereocenters. The summed E-state index contributed by atoms with van der Waals surface area (Å²) in [5, 5.41) is 20.6. The Morgan fingerprint density at radius 1 is 0.730 bits per heavy atom. The minimum Gasteiger partial charge on any atom is -0.393 e. The summed E-state index contributed by atoms with van der Waals surface area (Å²) in [6.45, 7) is 0. The van der Waals surface area contributed by atoms with Gasteiger partial charge in [0.15, 0.2) is 21.8 Å². The Bertz CT molecular complexity index is 1400. The highest BCUT2D eigenvalue weighted by Crippen LogP contribution is 2.25. The average molecular weight is 532 g/mol. The first-order chi connectivity index (χ1) is 17.2. The normalized spacial score (nSPS) is 9.86. The topological polar surface area (TPSA) is 275 Å². The first-order valence-corrected chi connectivity index (χ1v) is 11.8. The third-order valence-electron chi connectivity index (χ3n) is 3.98. The lowest BCUT2D eigenvalue weighted by atomic mass is 10.3. The number of hydrogen-bond donors (Lipinski definition) is 5. The van der Waals surface area contributed by atoms with Crippen molar-refractivity contribution in [2.24, 2.45) is 32.9 Å². The molecule has 3 aromatic rings. The lowest BCUT2D eigenvalue weighted by Crippen LogP contribution is -2.22. The molecule has 196 valence electrons. The standard InChI is InChI=1S/C8H11N3O2S.C7H8N4O2.C6H6N2O2/c1-14(12,13)7-4-2-6(3-5-7)11-8(9)10;8-7(9)10-5-3-1-2-4-6(5)11(12)13;7-5-3-1-2-4-6(5)8(9)10/h2-5H,1H3,(H4,9,10,11);1-4H,(H4,8,9,10);1-4H,7H2. The number of nitro groups is 2. The highest BCUT2D eigenvalue weighted by atomic mass is 32.2. The smallest absolute Gasteiger partial charge is 0.294 e. The Hall–Kier alpha value is -5.25. The van der Waals surface area contributed by atoms with E-state index in [2.05, 4.69) is 9.98 Å². The van der Waals surface area contributed by atoms with Crippen LogP contribution in [-0.2, 0) is 9.84 Å². The van der Waals surface area contributed by atoms with Gasteiger partial charge in [0.25, 0.3) is 11.4 Å². The summed E-state index contributed by atoms with van der Waals surface area (Å²) in [7, 11) is -3.16. The van der Waals surface area contributed by atoms with Crippen molar-refractivity contribution in [1.82, 2.24) is 0 Å². The van der Waals surface area contributed by atoms with Crippen LogP contribution in [0.2, 0.25) is 0 Å². The molecule has 0 radical (unpaired) electrons. The fraction of sp³-hybridized carbons (Fsp3) is 0.0476. The number of aliphatic imine (C=N–C) groups is 2. The molecule has 0 aromatic heterocycles. The van der Waals surface area contributed by atoms with Crippen LogP contribution in [0, 0.1) is 20.2 Å². The highest BCUT2D eigenvalue weighted by molar-refractivity contribution is 7.90. The van der Waals surface area contributed by atoms with Crippen LogP contribution in [0.4, 0.5) is 28.4 Å². The minimum atomic E-state index is -3.16. The molecule has 3 rings (SSSR count). The zero-order chi connectivity index (χ0) is 28.2. The molecule has 0 aliphatic heterocycles. The Kier molecular flexibility index (Phi) is 10.9. The third-order valence-corrected chi connectivity index (χ3v) is 5.11. The molecular formula is C21H25N9O6S. The molecule has 0 amide bonds. The number of nitrogens with two attached hydrogens (primary N) is 5. The molecule has 0 bridgehead atoms. The van der Waals surface area contributed by atoms with Gasteiger partial charge >= 0.3 is 0 Å². The van der Waals surface area contributed by atoms with E-state index in [1.54, 1.807) is 24.3 Å². The van der Waals surface area contributed by atoms with Gasteiger partial charge in [-0.05, 0) is 36.4 Å². The van der Waals surface area contributed by atoms with E-state index in [0.29, 0.717) is 5.69 Å². The van der Waals surface area contributed by atoms with Gasteiger partial charge in [-0.1, -0.05) is 24.3 Å². The predicted octanol–water partition coefficient (Wildman–Crippen LogP) is 1.67. The van der Waals surface area contributed by atoms with E-state index in [-0.39, 0.29) is 39.6 Å². The summed E-state index contributed by atoms with van der Waals surface area (Å²) in [5.74, 6) is -0.258. The van der Waals surface area contributed by atoms with Gasteiger partial charge in [-0.2, -0.15) is 0 Å². The van der Waals surface area contributed by atoms with E-state index in [0.717, 1.165) is 6.26 Å². The number of anilines is 1. The third kappa shape index (κ3) is 10.7. The van der Waals surface area contributed by atoms with E-state index in [4.69, 9.17) is 28.7 Å². The molecule has 0 aliphatic carbocycles. The molecule has 0 heterocycles. The van der Waals surface area contributed by atoms with E-state index in [1.807, 2.05) is 0 Å². The highest BCUT2D eigenvalue weighted by Gasteiger charge is 2.11. The zero-order valence-corrected chi connectivity index (χ0v) is 20.3. The fourth-order valence-electron chi connectivity index (χ4n) is 2.42. The fourth-order valence-corrected chi connectivity index (χ4v) is 3.05. The number of benzene rings is 3. The average Bonchev–Trinajstić information content (AvgIpc) is 2.79. The molecule has 37 heavy (non-hydrogen) atoms. The van der Waals surface area contributed by atoms with Crippen LogP contribution >= 0.6 is 0 Å². The number of sulfone groups is 1. The summed E-state index contributed by atoms with van der Waals surface area (Å²) in [4.78, 5) is 27.2. The first-order valence-electron chi connectivity index (χ1n) is 9.94. The van der Waals surface area contributed by atoms with Crippen LogP contribution in [0.25, 0.3) is 0 Å². The van der Waals surface area contributed by atoms with Crippen LogP contribution in [0.3, 0.4) is 0 Å². The van der Waals surface area contributed by atoms with E-state index < -0.39 is 19.7 Å². The molecule has 0 unspecified atom stereocenters. The molecule has 3 aromatic carbocycles. The second kappa shape index (κ2) is 13.6. The van der Waals surface area contributed by atoms with Crippen molar-refractivity contribution < 1.29 is 18.3 Å². The number of nitrogen functional groups attached to an aromatic ring is 1. The predicted molar refractivity (Wildman–Crippen MR) is 141 cm³/mol. The van der Waals surface area contributed by atoms with E-state index in [9.17, 15) is 28.6 Å². The molecule has 0 spiro atoms. The van der Waals surface area contributed by atoms with E-state index in [1.165, 1.54) is 48.5 Å². The number of nitro benzene ring substituents is 2. The summed E-state index contributed by atoms with van der Waals surface area (Å²) >= 11 is 0. The maximum Gasteiger partial charge on any atom is 0.294 e. The Morgan fingerprint density at radius 2 is 1.19 bits per heavy atom. The van der Waals surface area contributed by atoms with Crippen molar-refractivity contribution >= 4 is 50.2 Å². The van der Waals surface area contributed by atoms with Crippen molar-refractivity contribution in [1.29, 1.82) is 0 Å². The van der Waals surface area contributed by atoms with Gasteiger partial charge in [-0.3, -0.25) is 20.2 Å². The molecule has 16 heteroatoms. The van der Waals surface area contributed by atoms with Gasteiger partial charge < -0.3 is 28.7 Å². The minimum absolute atomic E-state index is 0.0394. The number of nitrogens with zero attached hydrogens (tertiary/aromatic N) is 4. The van der Waals surface area contributed by atoms with Crippen molar-refractivity contribution in [3.8, 4) is 0 Å². The van der Waals surface area contributed by atoms with Gasteiger partial charge in [-0.25, -0.2) is 18.4 Å². The zero-order valence-electron chi connectivity index (χ0n) is 19.5. The second-order valence-corrected chi connectivity index (χ2v) is 8.92. The van der Waals surface area contributed by atoms with Gasteiger partial charge in [0.2, 0.25) is 0 Å². The molecule has 10 N–H and O–H groups in total. The van der Waals surface area contributed by atoms with Crippen molar-refractivity contribution in [3.63, 3.8) is 0 Å². The van der Waals surface area contributed by atoms with E-state index >= 15 is 0 Å². The molecule has 0 saturated heterocycles. The first kappa shape index (κ1) is 29.8. The summed E-state index contributed by atoms with van der Waals surface area (Å²) in [6, 6.07) is 18.1. The Morgan fingerprint density at radius 3 is 1.59 bits per heavy atom. The largest absolute Gasteiger partial charge is 0.393 e. The maximum atomic E-state index is 11.1. The Balaban J connectivity index is 0.000000281. The number of para-hydroxylation sites is 4. The van der Waals surface area contributed by atoms with Gasteiger partial charge in [0.05, 0.1) is 20.4 Å². The summed E-state index contributed by atoms with van der Waals surface area (Å²) in [5.41, 5.74) is 26.5. The van der Waals surface area contributed by atoms with Crippen molar-refractivity contribution in [2.75, 3.05) is 12.0 Å². The van der Waals surface area contributed by atoms with Crippen LogP contribution in [0.15, 0.2) is 87.7 Å². The Labute approximate surface area is 211 Å². The van der Waals surface area contributed by atoms with Crippen molar-refractivity contribution in [2.45, 2.75) is 4.90 Å². The molecule has 0 fully saturated rings. The lowest BCUT2D eigenvalue weighted by Gasteiger charge is -1.98. The number of rotatable bonds is 5. The lowest BCUT2D eigenvalue weighted by molar-refractivity contribution is -0.384. The molecular weight excluding hydrogens is 506 g/mol. The van der Waals surface area contributed by atoms with Crippen LogP contribution in [-0.4, -0.2) is 36.4 Å². The van der Waals surface area contributed by atoms with Crippen LogP contribution < -0.4 is 28.7 Å². The van der Waals surface area contributed by atoms with Gasteiger partial charge in [0, 0.05) is 18.4 Å². The van der Waals surface area contributed by atoms with Gasteiger partial charge in [0.1, 0.15) is 11.4 Å². The second-order valence-electron chi connectivity index (χ2n) is 6.90. The molecule has 0 saturated carbocycles. The molecule has 0 aliphatic rings. The summed E-state index contributed by atoms with van der Waals surface area (Å²) in [6.07, 6.45) is 1.14. The monoisotopic (exact) mass is 531 g/mol. The quantitative estimate of drug-likeness (QED) is 0.104. The van der Waals surface area contributed by atoms with Crippen LogP contribution in [0.5, 0.6) is 0 Å². The maximum absolute atomic E-state index is 11.1.